The first kappa shape index (κ1) is 37.2. The van der Waals surface area contributed by atoms with E-state index >= 15 is 0 Å². The number of aliphatic imine (C=N–C) groups is 2. The Morgan fingerprint density at radius 3 is 1.00 bits per heavy atom. The Labute approximate surface area is 276 Å². The zero-order chi connectivity index (χ0) is 32.4. The summed E-state index contributed by atoms with van der Waals surface area (Å²) in [5.41, 5.74) is 11.3. The fraction of sp³-hybridized carbons (Fsp3) is 0.486. The van der Waals surface area contributed by atoms with Gasteiger partial charge in [0.15, 0.2) is 0 Å². The SMILES string of the molecule is CC(C)C(=Nc1c(C(C)C)cccc1C(C)C)c1cccc(C(=Nc2c(C(C)C)cccc2C(C)C)C(C)C)n1.[Cl][Co][Cl]. The second-order valence-corrected chi connectivity index (χ2v) is 14.7. The molecule has 0 N–H and O–H groups in total. The Hall–Kier alpha value is -1.98. The average molecular weight is 668 g/mol. The van der Waals surface area contributed by atoms with Crippen molar-refractivity contribution in [1.82, 2.24) is 4.98 Å². The number of rotatable bonds is 10. The molecule has 0 bridgehead atoms. The zero-order valence-corrected chi connectivity index (χ0v) is 30.6. The summed E-state index contributed by atoms with van der Waals surface area (Å²) in [6.45, 7) is 26.8. The van der Waals surface area contributed by atoms with Gasteiger partial charge in [0, 0.05) is 0 Å². The molecule has 237 valence electrons. The second kappa shape index (κ2) is 17.5. The minimum atomic E-state index is 0.219. The van der Waals surface area contributed by atoms with Gasteiger partial charge in [0.1, 0.15) is 0 Å². The van der Waals surface area contributed by atoms with Gasteiger partial charge in [-0.3, -0.25) is 9.98 Å². The molecule has 0 aliphatic heterocycles. The van der Waals surface area contributed by atoms with Crippen LogP contribution in [0, 0.1) is 11.8 Å². The average Bonchev–Trinajstić information content (AvgIpc) is 2.94. The van der Waals surface area contributed by atoms with E-state index in [0.717, 1.165) is 34.2 Å². The molecule has 1 heterocycles. The maximum absolute atomic E-state index is 5.39. The van der Waals surface area contributed by atoms with Gasteiger partial charge in [-0.2, -0.15) is 0 Å². The fourth-order valence-corrected chi connectivity index (χ4v) is 5.21. The summed E-state index contributed by atoms with van der Waals surface area (Å²) in [5.74, 6) is 2.00. The van der Waals surface area contributed by atoms with Crippen LogP contribution in [0.5, 0.6) is 0 Å². The summed E-state index contributed by atoms with van der Waals surface area (Å²) in [6.07, 6.45) is 0. The van der Waals surface area contributed by atoms with E-state index in [1.54, 1.807) is 0 Å². The van der Waals surface area contributed by atoms with E-state index in [1.807, 2.05) is 0 Å². The number of aromatic nitrogens is 1. The minimum absolute atomic E-state index is 0.219. The van der Waals surface area contributed by atoms with E-state index in [1.165, 1.54) is 22.3 Å². The van der Waals surface area contributed by atoms with Gasteiger partial charge in [-0.1, -0.05) is 126 Å². The van der Waals surface area contributed by atoms with Gasteiger partial charge >= 0.3 is 33.2 Å². The number of hydrogen-bond acceptors (Lipinski definition) is 3. The van der Waals surface area contributed by atoms with Crippen LogP contribution >= 0.6 is 20.3 Å². The zero-order valence-electron chi connectivity index (χ0n) is 28.1. The molecule has 0 spiro atoms. The topological polar surface area (TPSA) is 37.6 Å². The molecule has 3 rings (SSSR count). The van der Waals surface area contributed by atoms with Crippen LogP contribution in [0.2, 0.25) is 0 Å². The van der Waals surface area contributed by atoms with Crippen molar-refractivity contribution >= 4 is 43.1 Å². The van der Waals surface area contributed by atoms with Crippen molar-refractivity contribution < 1.29 is 12.9 Å². The Balaban J connectivity index is 0.00000206. The van der Waals surface area contributed by atoms with E-state index in [4.69, 9.17) is 35.3 Å². The van der Waals surface area contributed by atoms with Crippen LogP contribution in [-0.2, 0) is 12.9 Å². The van der Waals surface area contributed by atoms with Gasteiger partial charge in [-0.25, -0.2) is 4.98 Å². The van der Waals surface area contributed by atoms with Crippen molar-refractivity contribution in [3.8, 4) is 0 Å². The van der Waals surface area contributed by atoms with E-state index in [9.17, 15) is 0 Å². The molecule has 0 amide bonds. The Kier molecular flexibility index (Phi) is 15.1. The summed E-state index contributed by atoms with van der Waals surface area (Å²) in [4.78, 5) is 16.0. The number of nitrogens with zero attached hydrogens (tertiary/aromatic N) is 3. The van der Waals surface area contributed by atoms with Crippen molar-refractivity contribution in [3.05, 3.63) is 88.2 Å². The molecule has 3 nitrogen and oxygen atoms in total. The van der Waals surface area contributed by atoms with Crippen molar-refractivity contribution in [2.45, 2.75) is 107 Å². The van der Waals surface area contributed by atoms with Gasteiger partial charge in [0.05, 0.1) is 34.2 Å². The molecule has 0 atom stereocenters. The molecule has 0 saturated carbocycles. The van der Waals surface area contributed by atoms with Crippen molar-refractivity contribution in [1.29, 1.82) is 0 Å². The van der Waals surface area contributed by atoms with Crippen LogP contribution in [-0.4, -0.2) is 16.4 Å². The molecule has 0 radical (unpaired) electrons. The monoisotopic (exact) mass is 666 g/mol. The van der Waals surface area contributed by atoms with Crippen molar-refractivity contribution in [2.24, 2.45) is 21.8 Å². The van der Waals surface area contributed by atoms with Crippen LogP contribution in [0.4, 0.5) is 11.4 Å². The third kappa shape index (κ3) is 10.0. The Morgan fingerprint density at radius 2 is 0.767 bits per heavy atom. The number of para-hydroxylation sites is 2. The molecule has 0 saturated heterocycles. The third-order valence-corrected chi connectivity index (χ3v) is 7.52. The Morgan fingerprint density at radius 1 is 0.512 bits per heavy atom. The predicted molar refractivity (Wildman–Crippen MR) is 187 cm³/mol. The standard InChI is InChI=1S/C37H51N3.2ClH.Co/c1-22(2)28-16-13-17-29(23(3)4)36(28)39-34(26(9)10)32-20-15-21-33(38-32)35(27(11)12)40-37-30(24(5)6)18-14-19-31(37)25(7)8;;;/h13-27H,1-12H3;2*1H;/q;;;+2/p-2. The van der Waals surface area contributed by atoms with Crippen LogP contribution in [0.3, 0.4) is 0 Å². The molecule has 1 aromatic heterocycles. The molecular formula is C37H51Cl2CoN3. The number of halogens is 2. The molecule has 6 heteroatoms. The number of hydrogen-bond donors (Lipinski definition) is 0. The predicted octanol–water partition coefficient (Wildman–Crippen LogP) is 12.5. The van der Waals surface area contributed by atoms with Gasteiger partial charge in [-0.05, 0) is 69.9 Å². The van der Waals surface area contributed by atoms with Gasteiger partial charge in [0.2, 0.25) is 0 Å². The number of benzene rings is 2. The van der Waals surface area contributed by atoms with Crippen LogP contribution in [0.1, 0.15) is 140 Å². The van der Waals surface area contributed by atoms with Crippen molar-refractivity contribution in [2.75, 3.05) is 0 Å². The van der Waals surface area contributed by atoms with Crippen molar-refractivity contribution in [3.63, 3.8) is 0 Å². The van der Waals surface area contributed by atoms with Gasteiger partial charge < -0.3 is 0 Å². The molecule has 0 aliphatic rings. The van der Waals surface area contributed by atoms with E-state index < -0.39 is 0 Å². The summed E-state index contributed by atoms with van der Waals surface area (Å²) in [6, 6.07) is 19.6. The molecule has 0 aliphatic carbocycles. The summed E-state index contributed by atoms with van der Waals surface area (Å²) in [5, 5.41) is 0. The first-order valence-corrected chi connectivity index (χ1v) is 18.4. The maximum atomic E-state index is 5.39. The van der Waals surface area contributed by atoms with Gasteiger partial charge in [-0.15, -0.1) is 0 Å². The first-order valence-electron chi connectivity index (χ1n) is 15.5. The van der Waals surface area contributed by atoms with E-state index in [2.05, 4.69) is 138 Å². The molecule has 0 fully saturated rings. The summed E-state index contributed by atoms with van der Waals surface area (Å²) in [7, 11) is 9.47. The van der Waals surface area contributed by atoms with Crippen LogP contribution < -0.4 is 0 Å². The quantitative estimate of drug-likeness (QED) is 0.198. The van der Waals surface area contributed by atoms with Gasteiger partial charge in [0.25, 0.3) is 0 Å². The number of pyridine rings is 1. The second-order valence-electron chi connectivity index (χ2n) is 12.9. The first-order chi connectivity index (χ1) is 20.2. The molecule has 2 aromatic carbocycles. The summed E-state index contributed by atoms with van der Waals surface area (Å²) < 4.78 is 0. The third-order valence-electron chi connectivity index (χ3n) is 7.52. The van der Waals surface area contributed by atoms with E-state index in [0.29, 0.717) is 36.6 Å². The Bertz CT molecular complexity index is 1240. The normalized spacial score (nSPS) is 12.7. The molecule has 3 aromatic rings. The summed E-state index contributed by atoms with van der Waals surface area (Å²) >= 11 is 0.382. The molecule has 0 unspecified atom stereocenters. The fourth-order valence-electron chi connectivity index (χ4n) is 5.21. The van der Waals surface area contributed by atoms with Crippen LogP contribution in [0.25, 0.3) is 0 Å². The van der Waals surface area contributed by atoms with E-state index in [-0.39, 0.29) is 11.8 Å². The molecule has 43 heavy (non-hydrogen) atoms. The van der Waals surface area contributed by atoms with Crippen LogP contribution in [0.15, 0.2) is 64.6 Å². The molecular weight excluding hydrogens is 616 g/mol.